The molecule has 130 valence electrons. The van der Waals surface area contributed by atoms with Gasteiger partial charge in [0.1, 0.15) is 5.82 Å². The highest BCUT2D eigenvalue weighted by Crippen LogP contribution is 2.15. The van der Waals surface area contributed by atoms with Crippen LogP contribution in [0.15, 0.2) is 60.2 Å². The molecular formula is C21H23FN2O. The minimum Gasteiger partial charge on any atom is -0.348 e. The maximum Gasteiger partial charge on any atom is 0.247 e. The van der Waals surface area contributed by atoms with Gasteiger partial charge in [-0.1, -0.05) is 48.0 Å². The Morgan fingerprint density at radius 1 is 1.16 bits per heavy atom. The van der Waals surface area contributed by atoms with E-state index < -0.39 is 0 Å². The van der Waals surface area contributed by atoms with Crippen molar-refractivity contribution in [3.63, 3.8) is 0 Å². The fraction of sp³-hybridized carbons (Fsp3) is 0.286. The normalized spacial score (nSPS) is 14.9. The number of benzene rings is 2. The monoisotopic (exact) mass is 338 g/mol. The molecule has 2 aromatic carbocycles. The number of hydrogen-bond acceptors (Lipinski definition) is 2. The molecular weight excluding hydrogens is 315 g/mol. The first-order valence-corrected chi connectivity index (χ1v) is 8.60. The van der Waals surface area contributed by atoms with Crippen LogP contribution in [-0.4, -0.2) is 23.9 Å². The van der Waals surface area contributed by atoms with Crippen molar-refractivity contribution in [2.75, 3.05) is 13.1 Å². The Hall–Kier alpha value is -2.46. The Morgan fingerprint density at radius 3 is 2.64 bits per heavy atom. The predicted octanol–water partition coefficient (Wildman–Crippen LogP) is 3.58. The smallest absolute Gasteiger partial charge is 0.247 e. The van der Waals surface area contributed by atoms with Crippen LogP contribution in [0.1, 0.15) is 23.1 Å². The summed E-state index contributed by atoms with van der Waals surface area (Å²) in [6.07, 6.45) is 2.74. The lowest BCUT2D eigenvalue weighted by Gasteiger charge is -2.26. The van der Waals surface area contributed by atoms with Gasteiger partial charge in [-0.2, -0.15) is 0 Å². The predicted molar refractivity (Wildman–Crippen MR) is 97.4 cm³/mol. The van der Waals surface area contributed by atoms with Crippen molar-refractivity contribution in [2.45, 2.75) is 26.4 Å². The number of halogens is 1. The third-order valence-electron chi connectivity index (χ3n) is 4.45. The molecule has 1 heterocycles. The van der Waals surface area contributed by atoms with Crippen molar-refractivity contribution in [1.29, 1.82) is 0 Å². The molecule has 0 aromatic heterocycles. The lowest BCUT2D eigenvalue weighted by Crippen LogP contribution is -2.33. The van der Waals surface area contributed by atoms with Gasteiger partial charge >= 0.3 is 0 Å². The van der Waals surface area contributed by atoms with Gasteiger partial charge in [-0.3, -0.25) is 9.69 Å². The van der Waals surface area contributed by atoms with Crippen LogP contribution < -0.4 is 5.32 Å². The number of rotatable bonds is 5. The summed E-state index contributed by atoms with van der Waals surface area (Å²) in [6.45, 7) is 4.97. The van der Waals surface area contributed by atoms with Crippen molar-refractivity contribution in [3.8, 4) is 0 Å². The molecule has 1 N–H and O–H groups in total. The molecule has 3 rings (SSSR count). The average molecular weight is 338 g/mol. The Bertz CT molecular complexity index is 768. The first kappa shape index (κ1) is 17.4. The van der Waals surface area contributed by atoms with Gasteiger partial charge in [0.25, 0.3) is 0 Å². The van der Waals surface area contributed by atoms with Crippen molar-refractivity contribution < 1.29 is 9.18 Å². The molecule has 0 spiro atoms. The number of carbonyl (C=O) groups is 1. The Kier molecular flexibility index (Phi) is 5.61. The number of carbonyl (C=O) groups excluding carboxylic acids is 1. The molecule has 0 fully saturated rings. The van der Waals surface area contributed by atoms with E-state index in [-0.39, 0.29) is 11.7 Å². The van der Waals surface area contributed by atoms with Crippen molar-refractivity contribution >= 4 is 5.91 Å². The van der Waals surface area contributed by atoms with E-state index in [2.05, 4.69) is 41.4 Å². The molecule has 4 heteroatoms. The van der Waals surface area contributed by atoms with E-state index in [1.54, 1.807) is 6.07 Å². The first-order chi connectivity index (χ1) is 12.1. The number of nitrogens with one attached hydrogen (secondary N) is 1. The molecule has 0 radical (unpaired) electrons. The van der Waals surface area contributed by atoms with Crippen LogP contribution in [0.3, 0.4) is 0 Å². The van der Waals surface area contributed by atoms with Crippen LogP contribution >= 0.6 is 0 Å². The van der Waals surface area contributed by atoms with E-state index in [1.807, 2.05) is 12.1 Å². The maximum atomic E-state index is 13.2. The summed E-state index contributed by atoms with van der Waals surface area (Å²) in [5.74, 6) is -0.338. The van der Waals surface area contributed by atoms with Crippen molar-refractivity contribution in [3.05, 3.63) is 82.7 Å². The topological polar surface area (TPSA) is 32.3 Å². The van der Waals surface area contributed by atoms with Gasteiger partial charge in [-0.15, -0.1) is 0 Å². The molecule has 0 unspecified atom stereocenters. The molecule has 0 bridgehead atoms. The Morgan fingerprint density at radius 2 is 1.96 bits per heavy atom. The molecule has 0 atom stereocenters. The minimum atomic E-state index is -0.282. The van der Waals surface area contributed by atoms with Crippen LogP contribution in [-0.2, 0) is 17.9 Å². The van der Waals surface area contributed by atoms with E-state index in [4.69, 9.17) is 0 Å². The van der Waals surface area contributed by atoms with Crippen LogP contribution in [0.25, 0.3) is 0 Å². The summed E-state index contributed by atoms with van der Waals surface area (Å²) in [6, 6.07) is 14.9. The van der Waals surface area contributed by atoms with Gasteiger partial charge < -0.3 is 5.32 Å². The van der Waals surface area contributed by atoms with Gasteiger partial charge in [0, 0.05) is 31.8 Å². The summed E-state index contributed by atoms with van der Waals surface area (Å²) in [7, 11) is 0. The van der Waals surface area contributed by atoms with Crippen LogP contribution in [0.2, 0.25) is 0 Å². The second kappa shape index (κ2) is 8.08. The summed E-state index contributed by atoms with van der Waals surface area (Å²) in [5.41, 5.74) is 4.14. The largest absolute Gasteiger partial charge is 0.348 e. The molecule has 0 aliphatic carbocycles. The van der Waals surface area contributed by atoms with E-state index in [0.29, 0.717) is 6.54 Å². The van der Waals surface area contributed by atoms with E-state index in [1.165, 1.54) is 23.3 Å². The lowest BCUT2D eigenvalue weighted by molar-refractivity contribution is -0.117. The third kappa shape index (κ3) is 5.00. The second-order valence-electron chi connectivity index (χ2n) is 6.51. The van der Waals surface area contributed by atoms with Crippen molar-refractivity contribution in [2.24, 2.45) is 0 Å². The second-order valence-corrected chi connectivity index (χ2v) is 6.51. The van der Waals surface area contributed by atoms with Gasteiger partial charge in [0.15, 0.2) is 0 Å². The molecule has 3 nitrogen and oxygen atoms in total. The first-order valence-electron chi connectivity index (χ1n) is 8.60. The van der Waals surface area contributed by atoms with Crippen LogP contribution in [0.5, 0.6) is 0 Å². The van der Waals surface area contributed by atoms with E-state index >= 15 is 0 Å². The molecule has 1 amide bonds. The zero-order valence-corrected chi connectivity index (χ0v) is 14.5. The zero-order valence-electron chi connectivity index (χ0n) is 14.5. The maximum absolute atomic E-state index is 13.2. The quantitative estimate of drug-likeness (QED) is 0.904. The van der Waals surface area contributed by atoms with Crippen LogP contribution in [0, 0.1) is 12.7 Å². The highest BCUT2D eigenvalue weighted by atomic mass is 19.1. The fourth-order valence-electron chi connectivity index (χ4n) is 2.96. The zero-order chi connectivity index (χ0) is 17.6. The minimum absolute atomic E-state index is 0.0563. The Labute approximate surface area is 148 Å². The van der Waals surface area contributed by atoms with Gasteiger partial charge in [-0.25, -0.2) is 4.39 Å². The molecule has 1 aliphatic heterocycles. The van der Waals surface area contributed by atoms with Gasteiger partial charge in [0.2, 0.25) is 5.91 Å². The highest BCUT2D eigenvalue weighted by Gasteiger charge is 2.16. The van der Waals surface area contributed by atoms with Crippen LogP contribution in [0.4, 0.5) is 4.39 Å². The van der Waals surface area contributed by atoms with Gasteiger partial charge in [0.05, 0.1) is 0 Å². The molecule has 2 aromatic rings. The number of nitrogens with zero attached hydrogens (tertiary/aromatic N) is 1. The molecule has 0 saturated carbocycles. The van der Waals surface area contributed by atoms with Crippen molar-refractivity contribution in [1.82, 2.24) is 10.2 Å². The SMILES string of the molecule is Cc1ccc(CN2CC=C(C(=O)NCc3cccc(F)c3)CC2)cc1. The standard InChI is InChI=1S/C21H23FN2O/c1-16-5-7-17(8-6-16)15-24-11-9-19(10-12-24)21(25)23-14-18-3-2-4-20(22)13-18/h2-9,13H,10-12,14-15H2,1H3,(H,23,25). The number of hydrogen-bond donors (Lipinski definition) is 1. The summed E-state index contributed by atoms with van der Waals surface area (Å²) < 4.78 is 13.2. The average Bonchev–Trinajstić information content (AvgIpc) is 2.62. The number of amides is 1. The summed E-state index contributed by atoms with van der Waals surface area (Å²) >= 11 is 0. The molecule has 25 heavy (non-hydrogen) atoms. The number of aryl methyl sites for hydroxylation is 1. The van der Waals surface area contributed by atoms with Gasteiger partial charge in [-0.05, 0) is 36.6 Å². The van der Waals surface area contributed by atoms with E-state index in [0.717, 1.165) is 37.2 Å². The molecule has 1 aliphatic rings. The summed E-state index contributed by atoms with van der Waals surface area (Å²) in [5, 5.41) is 2.87. The van der Waals surface area contributed by atoms with E-state index in [9.17, 15) is 9.18 Å². The lowest BCUT2D eigenvalue weighted by atomic mass is 10.1. The third-order valence-corrected chi connectivity index (χ3v) is 4.45. The summed E-state index contributed by atoms with van der Waals surface area (Å²) in [4.78, 5) is 14.6. The Balaban J connectivity index is 1.50. The fourth-order valence-corrected chi connectivity index (χ4v) is 2.96. The molecule has 0 saturated heterocycles. The highest BCUT2D eigenvalue weighted by molar-refractivity contribution is 5.93.